The largest absolute Gasteiger partial charge is 0.481 e. The van der Waals surface area contributed by atoms with Gasteiger partial charge in [0.25, 0.3) is 0 Å². The van der Waals surface area contributed by atoms with E-state index in [1.807, 2.05) is 0 Å². The summed E-state index contributed by atoms with van der Waals surface area (Å²) in [5.41, 5.74) is 1.25. The smallest absolute Gasteiger partial charge is 0.317 e. The van der Waals surface area contributed by atoms with Crippen LogP contribution >= 0.6 is 0 Å². The van der Waals surface area contributed by atoms with Crippen LogP contribution in [0.2, 0.25) is 0 Å². The molecule has 0 spiro atoms. The molecule has 1 aromatic rings. The fraction of sp³-hybridized carbons (Fsp3) is 0.286. The van der Waals surface area contributed by atoms with Crippen LogP contribution in [0.5, 0.6) is 0 Å². The van der Waals surface area contributed by atoms with Gasteiger partial charge >= 0.3 is 12.0 Å². The van der Waals surface area contributed by atoms with Gasteiger partial charge in [0, 0.05) is 25.2 Å². The fourth-order valence-corrected chi connectivity index (χ4v) is 2.01. The van der Waals surface area contributed by atoms with Crippen molar-refractivity contribution in [3.05, 3.63) is 41.7 Å². The maximum atomic E-state index is 13.6. The van der Waals surface area contributed by atoms with Crippen molar-refractivity contribution in [2.75, 3.05) is 19.6 Å². The number of amides is 2. The molecule has 0 saturated carbocycles. The van der Waals surface area contributed by atoms with Crippen molar-refractivity contribution in [3.8, 4) is 0 Å². The van der Waals surface area contributed by atoms with Crippen LogP contribution in [0, 0.1) is 5.82 Å². The number of hydrogen-bond acceptors (Lipinski definition) is 2. The first-order valence-corrected chi connectivity index (χ1v) is 6.26. The summed E-state index contributed by atoms with van der Waals surface area (Å²) in [5.74, 6) is -1.27. The second-order valence-electron chi connectivity index (χ2n) is 4.47. The van der Waals surface area contributed by atoms with Crippen molar-refractivity contribution in [1.29, 1.82) is 0 Å². The van der Waals surface area contributed by atoms with Gasteiger partial charge in [-0.25, -0.2) is 9.18 Å². The quantitative estimate of drug-likeness (QED) is 0.881. The summed E-state index contributed by atoms with van der Waals surface area (Å²) in [6.45, 7) is 0.794. The molecule has 20 heavy (non-hydrogen) atoms. The zero-order chi connectivity index (χ0) is 14.5. The van der Waals surface area contributed by atoms with Gasteiger partial charge in [0.2, 0.25) is 0 Å². The minimum Gasteiger partial charge on any atom is -0.481 e. The number of nitrogens with one attached hydrogen (secondary N) is 1. The molecule has 1 aliphatic rings. The molecule has 6 heteroatoms. The van der Waals surface area contributed by atoms with Crippen molar-refractivity contribution in [3.63, 3.8) is 0 Å². The number of carboxylic acids is 1. The molecule has 0 aliphatic carbocycles. The lowest BCUT2D eigenvalue weighted by molar-refractivity contribution is -0.136. The lowest BCUT2D eigenvalue weighted by atomic mass is 10.1. The highest BCUT2D eigenvalue weighted by Crippen LogP contribution is 2.23. The minimum atomic E-state index is -0.961. The molecule has 2 N–H and O–H groups in total. The Morgan fingerprint density at radius 2 is 2.10 bits per heavy atom. The first-order chi connectivity index (χ1) is 9.58. The van der Waals surface area contributed by atoms with Gasteiger partial charge < -0.3 is 15.3 Å². The normalized spacial score (nSPS) is 14.1. The highest BCUT2D eigenvalue weighted by Gasteiger charge is 2.21. The minimum absolute atomic E-state index is 0.0830. The van der Waals surface area contributed by atoms with Gasteiger partial charge in [0.1, 0.15) is 5.82 Å². The molecule has 2 amide bonds. The van der Waals surface area contributed by atoms with Crippen LogP contribution < -0.4 is 5.32 Å². The van der Waals surface area contributed by atoms with E-state index in [-0.39, 0.29) is 24.8 Å². The molecule has 0 bridgehead atoms. The average molecular weight is 278 g/mol. The van der Waals surface area contributed by atoms with Crippen molar-refractivity contribution < 1.29 is 19.1 Å². The topological polar surface area (TPSA) is 69.6 Å². The molecule has 0 aromatic heterocycles. The molecule has 106 valence electrons. The molecular weight excluding hydrogens is 263 g/mol. The SMILES string of the molecule is O=C(O)CCNC(=O)N1CC=C(c2ccccc2F)C1. The maximum absolute atomic E-state index is 13.6. The summed E-state index contributed by atoms with van der Waals surface area (Å²) in [7, 11) is 0. The molecule has 0 saturated heterocycles. The van der Waals surface area contributed by atoms with E-state index in [1.54, 1.807) is 24.3 Å². The number of nitrogens with zero attached hydrogens (tertiary/aromatic N) is 1. The summed E-state index contributed by atoms with van der Waals surface area (Å²) >= 11 is 0. The Bertz CT molecular complexity index is 557. The van der Waals surface area contributed by atoms with E-state index in [4.69, 9.17) is 5.11 Å². The van der Waals surface area contributed by atoms with E-state index in [0.29, 0.717) is 18.7 Å². The number of hydrogen-bond donors (Lipinski definition) is 2. The number of carbonyl (C=O) groups excluding carboxylic acids is 1. The zero-order valence-electron chi connectivity index (χ0n) is 10.8. The molecule has 0 fully saturated rings. The van der Waals surface area contributed by atoms with E-state index in [9.17, 15) is 14.0 Å². The van der Waals surface area contributed by atoms with Crippen molar-refractivity contribution >= 4 is 17.6 Å². The van der Waals surface area contributed by atoms with Crippen LogP contribution in [0.1, 0.15) is 12.0 Å². The molecule has 2 rings (SSSR count). The van der Waals surface area contributed by atoms with E-state index in [2.05, 4.69) is 5.32 Å². The highest BCUT2D eigenvalue weighted by molar-refractivity contribution is 5.81. The molecule has 0 atom stereocenters. The lowest BCUT2D eigenvalue weighted by Gasteiger charge is -2.17. The van der Waals surface area contributed by atoms with Gasteiger partial charge in [0.05, 0.1) is 6.42 Å². The van der Waals surface area contributed by atoms with Gasteiger partial charge in [-0.3, -0.25) is 4.79 Å². The van der Waals surface area contributed by atoms with Crippen molar-refractivity contribution in [2.45, 2.75) is 6.42 Å². The molecule has 0 radical (unpaired) electrons. The fourth-order valence-electron chi connectivity index (χ4n) is 2.01. The number of halogens is 1. The number of carboxylic acid groups (broad SMARTS) is 1. The van der Waals surface area contributed by atoms with Crippen LogP contribution in [0.15, 0.2) is 30.3 Å². The molecule has 1 aliphatic heterocycles. The Labute approximate surface area is 115 Å². The van der Waals surface area contributed by atoms with Crippen LogP contribution in [0.4, 0.5) is 9.18 Å². The van der Waals surface area contributed by atoms with E-state index < -0.39 is 5.97 Å². The van der Waals surface area contributed by atoms with Crippen LogP contribution in [-0.2, 0) is 4.79 Å². The van der Waals surface area contributed by atoms with Gasteiger partial charge in [-0.05, 0) is 11.6 Å². The van der Waals surface area contributed by atoms with Crippen molar-refractivity contribution in [1.82, 2.24) is 10.2 Å². The third kappa shape index (κ3) is 3.34. The second-order valence-corrected chi connectivity index (χ2v) is 4.47. The van der Waals surface area contributed by atoms with Crippen LogP contribution in [0.25, 0.3) is 5.57 Å². The predicted molar refractivity (Wildman–Crippen MR) is 71.6 cm³/mol. The third-order valence-electron chi connectivity index (χ3n) is 3.04. The van der Waals surface area contributed by atoms with Gasteiger partial charge in [-0.15, -0.1) is 0 Å². The summed E-state index contributed by atoms with van der Waals surface area (Å²) in [6, 6.07) is 6.08. The summed E-state index contributed by atoms with van der Waals surface area (Å²) in [6.07, 6.45) is 1.68. The Morgan fingerprint density at radius 1 is 1.35 bits per heavy atom. The molecule has 5 nitrogen and oxygen atoms in total. The predicted octanol–water partition coefficient (Wildman–Crippen LogP) is 1.71. The molecular formula is C14H15FN2O3. The Kier molecular flexibility index (Phi) is 4.34. The number of carbonyl (C=O) groups is 2. The summed E-state index contributed by atoms with van der Waals surface area (Å²) in [5, 5.41) is 11.0. The van der Waals surface area contributed by atoms with Gasteiger partial charge in [0.15, 0.2) is 0 Å². The van der Waals surface area contributed by atoms with E-state index in [1.165, 1.54) is 11.0 Å². The van der Waals surface area contributed by atoms with Crippen LogP contribution in [-0.4, -0.2) is 41.6 Å². The van der Waals surface area contributed by atoms with E-state index in [0.717, 1.165) is 5.57 Å². The Hall–Kier alpha value is -2.37. The number of rotatable bonds is 4. The highest BCUT2D eigenvalue weighted by atomic mass is 19.1. The van der Waals surface area contributed by atoms with E-state index >= 15 is 0 Å². The zero-order valence-corrected chi connectivity index (χ0v) is 10.8. The van der Waals surface area contributed by atoms with Crippen LogP contribution in [0.3, 0.4) is 0 Å². The average Bonchev–Trinajstić information content (AvgIpc) is 2.88. The standard InChI is InChI=1S/C14H15FN2O3/c15-12-4-2-1-3-11(12)10-6-8-17(9-10)14(20)16-7-5-13(18)19/h1-4,6H,5,7-9H2,(H,16,20)(H,18,19). The Balaban J connectivity index is 1.90. The molecule has 1 aromatic carbocycles. The molecule has 1 heterocycles. The Morgan fingerprint density at radius 3 is 2.80 bits per heavy atom. The number of benzene rings is 1. The monoisotopic (exact) mass is 278 g/mol. The first kappa shape index (κ1) is 14.0. The van der Waals surface area contributed by atoms with Gasteiger partial charge in [-0.2, -0.15) is 0 Å². The van der Waals surface area contributed by atoms with Crippen molar-refractivity contribution in [2.24, 2.45) is 0 Å². The first-order valence-electron chi connectivity index (χ1n) is 6.26. The lowest BCUT2D eigenvalue weighted by Crippen LogP contribution is -2.39. The molecule has 0 unspecified atom stereocenters. The second kappa shape index (κ2) is 6.18. The van der Waals surface area contributed by atoms with Gasteiger partial charge in [-0.1, -0.05) is 24.3 Å². The summed E-state index contributed by atoms with van der Waals surface area (Å²) < 4.78 is 13.6. The third-order valence-corrected chi connectivity index (χ3v) is 3.04. The number of aliphatic carboxylic acids is 1. The maximum Gasteiger partial charge on any atom is 0.317 e. The summed E-state index contributed by atoms with van der Waals surface area (Å²) in [4.78, 5) is 23.6. The number of urea groups is 1.